The summed E-state index contributed by atoms with van der Waals surface area (Å²) in [6.45, 7) is 9.11. The number of nitrogens with zero attached hydrogens (tertiary/aromatic N) is 3. The molecule has 2 heterocycles. The quantitative estimate of drug-likeness (QED) is 0.311. The fourth-order valence-electron chi connectivity index (χ4n) is 4.00. The van der Waals surface area contributed by atoms with Crippen molar-refractivity contribution in [2.24, 2.45) is 5.92 Å². The van der Waals surface area contributed by atoms with E-state index in [1.54, 1.807) is 37.3 Å². The van der Waals surface area contributed by atoms with E-state index in [2.05, 4.69) is 26.9 Å². The van der Waals surface area contributed by atoms with Gasteiger partial charge in [-0.2, -0.15) is 5.10 Å². The lowest BCUT2D eigenvalue weighted by Crippen LogP contribution is -2.48. The van der Waals surface area contributed by atoms with Crippen LogP contribution in [0.25, 0.3) is 10.9 Å². The Balaban J connectivity index is 1.17. The second-order valence-electron chi connectivity index (χ2n) is 8.34. The molecule has 0 saturated carbocycles. The topological polar surface area (TPSA) is 70.7 Å². The second-order valence-corrected chi connectivity index (χ2v) is 8.34. The van der Waals surface area contributed by atoms with Crippen molar-refractivity contribution in [2.45, 2.75) is 13.8 Å². The molecule has 1 aromatic heterocycles. The van der Waals surface area contributed by atoms with Crippen LogP contribution in [0.15, 0.2) is 42.5 Å². The highest BCUT2D eigenvalue weighted by Gasteiger charge is 2.22. The summed E-state index contributed by atoms with van der Waals surface area (Å²) in [6, 6.07) is 11.8. The molecule has 1 atom stereocenters. The van der Waals surface area contributed by atoms with Crippen molar-refractivity contribution in [1.29, 1.82) is 0 Å². The molecule has 1 N–H and O–H groups in total. The number of Topliss-reactive ketones (excluding diaryl/α,β-unsaturated/α-hetero) is 1. The monoisotopic (exact) mass is 440 g/mol. The molecule has 1 saturated heterocycles. The lowest BCUT2D eigenvalue weighted by Gasteiger charge is -2.36. The number of fused-ring (bicyclic) bond motifs is 1. The van der Waals surface area contributed by atoms with Crippen LogP contribution in [-0.2, 0) is 4.74 Å². The van der Waals surface area contributed by atoms with Crippen LogP contribution in [-0.4, -0.2) is 67.0 Å². The van der Waals surface area contributed by atoms with Crippen LogP contribution in [0.4, 0.5) is 10.2 Å². The summed E-state index contributed by atoms with van der Waals surface area (Å²) in [5.74, 6) is 1.73. The van der Waals surface area contributed by atoms with E-state index in [0.29, 0.717) is 23.8 Å². The molecule has 7 nitrogen and oxygen atoms in total. The predicted octanol–water partition coefficient (Wildman–Crippen LogP) is 3.72. The van der Waals surface area contributed by atoms with Crippen LogP contribution in [0, 0.1) is 11.7 Å². The minimum absolute atomic E-state index is 0.0376. The van der Waals surface area contributed by atoms with E-state index in [4.69, 9.17) is 9.47 Å². The number of benzene rings is 2. The molecule has 4 rings (SSSR count). The van der Waals surface area contributed by atoms with Gasteiger partial charge in [0.1, 0.15) is 11.6 Å². The number of ether oxygens (including phenoxy) is 2. The first-order valence-electron chi connectivity index (χ1n) is 10.9. The first-order valence-corrected chi connectivity index (χ1v) is 10.9. The number of rotatable bonds is 9. The Kier molecular flexibility index (Phi) is 7.02. The summed E-state index contributed by atoms with van der Waals surface area (Å²) in [5, 5.41) is 8.28. The number of aromatic amines is 1. The Hall–Kier alpha value is -2.97. The molecule has 2 aromatic carbocycles. The number of piperazine rings is 1. The lowest BCUT2D eigenvalue weighted by molar-refractivity contribution is -0.00506. The van der Waals surface area contributed by atoms with E-state index >= 15 is 0 Å². The number of ketones is 1. The van der Waals surface area contributed by atoms with Crippen molar-refractivity contribution < 1.29 is 18.7 Å². The van der Waals surface area contributed by atoms with Crippen molar-refractivity contribution in [3.8, 4) is 5.75 Å². The van der Waals surface area contributed by atoms with E-state index in [9.17, 15) is 9.18 Å². The molecule has 0 radical (unpaired) electrons. The third-order valence-corrected chi connectivity index (χ3v) is 5.72. The van der Waals surface area contributed by atoms with Gasteiger partial charge in [-0.15, -0.1) is 0 Å². The molecular weight excluding hydrogens is 411 g/mol. The number of aromatic nitrogens is 2. The first kappa shape index (κ1) is 22.2. The zero-order valence-corrected chi connectivity index (χ0v) is 18.5. The van der Waals surface area contributed by atoms with Crippen molar-refractivity contribution in [3.05, 3.63) is 53.8 Å². The van der Waals surface area contributed by atoms with E-state index in [1.807, 2.05) is 0 Å². The van der Waals surface area contributed by atoms with Gasteiger partial charge in [0.25, 0.3) is 0 Å². The largest absolute Gasteiger partial charge is 0.468 e. The average molecular weight is 441 g/mol. The Morgan fingerprint density at radius 3 is 2.62 bits per heavy atom. The Labute approximate surface area is 187 Å². The molecule has 3 aromatic rings. The molecule has 1 unspecified atom stereocenters. The summed E-state index contributed by atoms with van der Waals surface area (Å²) in [7, 11) is 0. The van der Waals surface area contributed by atoms with Crippen LogP contribution >= 0.6 is 0 Å². The molecule has 1 aliphatic heterocycles. The molecule has 0 bridgehead atoms. The maximum Gasteiger partial charge on any atom is 0.189 e. The van der Waals surface area contributed by atoms with Gasteiger partial charge in [-0.1, -0.05) is 6.92 Å². The summed E-state index contributed by atoms with van der Waals surface area (Å²) in [5.41, 5.74) is 1.39. The third-order valence-electron chi connectivity index (χ3n) is 5.72. The van der Waals surface area contributed by atoms with Gasteiger partial charge in [-0.3, -0.25) is 14.8 Å². The van der Waals surface area contributed by atoms with Crippen LogP contribution in [0.2, 0.25) is 0 Å². The molecule has 1 aliphatic rings. The van der Waals surface area contributed by atoms with Crippen molar-refractivity contribution in [3.63, 3.8) is 0 Å². The number of nitrogens with one attached hydrogen (secondary N) is 1. The molecule has 170 valence electrons. The van der Waals surface area contributed by atoms with Crippen LogP contribution < -0.4 is 9.64 Å². The normalized spacial score (nSPS) is 15.8. The Bertz CT molecular complexity index is 1050. The van der Waals surface area contributed by atoms with Gasteiger partial charge in [-0.25, -0.2) is 4.39 Å². The predicted molar refractivity (Wildman–Crippen MR) is 122 cm³/mol. The molecule has 8 heteroatoms. The number of carbonyl (C=O) groups excluding carboxylic acids is 1. The van der Waals surface area contributed by atoms with Gasteiger partial charge in [0, 0.05) is 43.7 Å². The van der Waals surface area contributed by atoms with E-state index in [-0.39, 0.29) is 18.4 Å². The molecule has 0 amide bonds. The number of H-pyrrole nitrogens is 1. The van der Waals surface area contributed by atoms with Gasteiger partial charge >= 0.3 is 0 Å². The summed E-state index contributed by atoms with van der Waals surface area (Å²) in [6.07, 6.45) is 0. The minimum atomic E-state index is -0.259. The van der Waals surface area contributed by atoms with Gasteiger partial charge in [0.2, 0.25) is 0 Å². The fraction of sp³-hybridized carbons (Fsp3) is 0.417. The summed E-state index contributed by atoms with van der Waals surface area (Å²) < 4.78 is 24.7. The number of carbonyl (C=O) groups is 1. The first-order chi connectivity index (χ1) is 15.5. The van der Waals surface area contributed by atoms with Gasteiger partial charge in [0.05, 0.1) is 12.1 Å². The molecule has 1 fully saturated rings. The zero-order chi connectivity index (χ0) is 22.5. The SMILES string of the molecule is CC(=O)c1ccc(OCOCC(C)CN2CCN(c3n[nH]c4cc(F)ccc34)CC2)cc1. The number of anilines is 1. The maximum atomic E-state index is 13.4. The highest BCUT2D eigenvalue weighted by Crippen LogP contribution is 2.25. The standard InChI is InChI=1S/C24H29FN4O3/c1-17(15-31-16-32-21-6-3-19(4-7-21)18(2)30)14-28-9-11-29(12-10-28)24-22-8-5-20(25)13-23(22)26-27-24/h3-8,13,17H,9-12,14-16H2,1-2H3,(H,26,27). The second kappa shape index (κ2) is 10.1. The molecule has 0 spiro atoms. The zero-order valence-electron chi connectivity index (χ0n) is 18.5. The molecular formula is C24H29FN4O3. The van der Waals surface area contributed by atoms with Gasteiger partial charge < -0.3 is 14.4 Å². The summed E-state index contributed by atoms with van der Waals surface area (Å²) in [4.78, 5) is 16.0. The summed E-state index contributed by atoms with van der Waals surface area (Å²) >= 11 is 0. The van der Waals surface area contributed by atoms with E-state index in [0.717, 1.165) is 49.4 Å². The lowest BCUT2D eigenvalue weighted by atomic mass is 10.1. The average Bonchev–Trinajstić information content (AvgIpc) is 3.20. The van der Waals surface area contributed by atoms with Crippen molar-refractivity contribution >= 4 is 22.5 Å². The molecule has 0 aliphatic carbocycles. The maximum absolute atomic E-state index is 13.4. The van der Waals surface area contributed by atoms with Crippen molar-refractivity contribution in [2.75, 3.05) is 51.0 Å². The van der Waals surface area contributed by atoms with E-state index < -0.39 is 0 Å². The Morgan fingerprint density at radius 1 is 1.16 bits per heavy atom. The smallest absolute Gasteiger partial charge is 0.189 e. The minimum Gasteiger partial charge on any atom is -0.468 e. The van der Waals surface area contributed by atoms with Crippen molar-refractivity contribution in [1.82, 2.24) is 15.1 Å². The fourth-order valence-corrected chi connectivity index (χ4v) is 4.00. The van der Waals surface area contributed by atoms with Crippen LogP contribution in [0.5, 0.6) is 5.75 Å². The van der Waals surface area contributed by atoms with Gasteiger partial charge in [0.15, 0.2) is 18.4 Å². The van der Waals surface area contributed by atoms with Crippen LogP contribution in [0.3, 0.4) is 0 Å². The highest BCUT2D eigenvalue weighted by molar-refractivity contribution is 5.94. The van der Waals surface area contributed by atoms with Gasteiger partial charge in [-0.05, 0) is 55.3 Å². The number of hydrogen-bond acceptors (Lipinski definition) is 6. The van der Waals surface area contributed by atoms with Crippen LogP contribution in [0.1, 0.15) is 24.2 Å². The number of hydrogen-bond donors (Lipinski definition) is 1. The highest BCUT2D eigenvalue weighted by atomic mass is 19.1. The van der Waals surface area contributed by atoms with E-state index in [1.165, 1.54) is 12.1 Å². The molecule has 32 heavy (non-hydrogen) atoms. The third kappa shape index (κ3) is 5.44. The Morgan fingerprint density at radius 2 is 1.91 bits per heavy atom. The number of halogens is 1.